The van der Waals surface area contributed by atoms with Crippen LogP contribution in [0, 0.1) is 13.8 Å². The van der Waals surface area contributed by atoms with Gasteiger partial charge in [0.1, 0.15) is 5.76 Å². The minimum Gasteiger partial charge on any atom is -0.361 e. The molecule has 0 saturated heterocycles. The Bertz CT molecular complexity index is 637. The van der Waals surface area contributed by atoms with Gasteiger partial charge in [0.05, 0.1) is 5.69 Å². The molecule has 0 aromatic carbocycles. The van der Waals surface area contributed by atoms with Gasteiger partial charge in [0.15, 0.2) is 5.96 Å². The van der Waals surface area contributed by atoms with Crippen LogP contribution in [-0.4, -0.2) is 35.7 Å². The average Bonchev–Trinajstić information content (AvgIpc) is 2.92. The van der Waals surface area contributed by atoms with Gasteiger partial charge in [0.25, 0.3) is 0 Å². The summed E-state index contributed by atoms with van der Waals surface area (Å²) in [5, 5.41) is 10.7. The molecule has 0 aliphatic rings. The number of pyridine rings is 1. The molecule has 6 nitrogen and oxygen atoms in total. The van der Waals surface area contributed by atoms with Crippen molar-refractivity contribution < 1.29 is 4.52 Å². The van der Waals surface area contributed by atoms with Crippen LogP contribution in [0.5, 0.6) is 0 Å². The van der Waals surface area contributed by atoms with Crippen molar-refractivity contribution in [3.05, 3.63) is 47.1 Å². The Morgan fingerprint density at radius 3 is 2.68 bits per heavy atom. The zero-order valence-corrected chi connectivity index (χ0v) is 17.7. The summed E-state index contributed by atoms with van der Waals surface area (Å²) in [6.07, 6.45) is 2.69. The van der Waals surface area contributed by atoms with E-state index in [2.05, 4.69) is 39.6 Å². The van der Waals surface area contributed by atoms with Gasteiger partial charge in [-0.3, -0.25) is 9.98 Å². The molecule has 0 aliphatic heterocycles. The summed E-state index contributed by atoms with van der Waals surface area (Å²) in [5.74, 6) is 1.97. The Hall–Kier alpha value is -1.64. The largest absolute Gasteiger partial charge is 0.361 e. The van der Waals surface area contributed by atoms with Gasteiger partial charge in [0, 0.05) is 49.4 Å². The fraction of sp³-hybridized carbons (Fsp3) is 0.500. The second-order valence-corrected chi connectivity index (χ2v) is 5.86. The highest BCUT2D eigenvalue weighted by molar-refractivity contribution is 14.0. The molecule has 0 spiro atoms. The Morgan fingerprint density at radius 1 is 1.28 bits per heavy atom. The Labute approximate surface area is 166 Å². The number of halogens is 1. The Balaban J connectivity index is 0.00000312. The Morgan fingerprint density at radius 2 is 2.08 bits per heavy atom. The van der Waals surface area contributed by atoms with E-state index < -0.39 is 0 Å². The van der Waals surface area contributed by atoms with Crippen molar-refractivity contribution in [1.82, 2.24) is 20.8 Å². The molecular weight excluding hydrogens is 429 g/mol. The molecule has 2 rings (SSSR count). The zero-order valence-electron chi connectivity index (χ0n) is 15.4. The molecule has 0 radical (unpaired) electrons. The summed E-state index contributed by atoms with van der Waals surface area (Å²) in [4.78, 5) is 9.02. The molecule has 0 saturated carbocycles. The third-order valence-corrected chi connectivity index (χ3v) is 3.85. The van der Waals surface area contributed by atoms with Crippen molar-refractivity contribution in [2.45, 2.75) is 40.0 Å². The van der Waals surface area contributed by atoms with Gasteiger partial charge in [0.2, 0.25) is 0 Å². The number of aliphatic imine (C=N–C) groups is 1. The molecule has 2 aromatic rings. The predicted octanol–water partition coefficient (Wildman–Crippen LogP) is 3.21. The van der Waals surface area contributed by atoms with E-state index >= 15 is 0 Å². The lowest BCUT2D eigenvalue weighted by atomic mass is 10.00. The lowest BCUT2D eigenvalue weighted by Gasteiger charge is -2.13. The van der Waals surface area contributed by atoms with Crippen LogP contribution in [-0.2, 0) is 6.42 Å². The third kappa shape index (κ3) is 6.64. The molecule has 0 aliphatic carbocycles. The van der Waals surface area contributed by atoms with Crippen LogP contribution in [0.1, 0.15) is 42.5 Å². The van der Waals surface area contributed by atoms with Crippen molar-refractivity contribution in [2.75, 3.05) is 19.6 Å². The molecule has 0 amide bonds. The monoisotopic (exact) mass is 457 g/mol. The summed E-state index contributed by atoms with van der Waals surface area (Å²) < 4.78 is 5.25. The molecule has 7 heteroatoms. The van der Waals surface area contributed by atoms with Gasteiger partial charge >= 0.3 is 0 Å². The quantitative estimate of drug-likeness (QED) is 0.380. The number of aromatic nitrogens is 2. The van der Waals surface area contributed by atoms with Gasteiger partial charge in [-0.1, -0.05) is 18.1 Å². The van der Waals surface area contributed by atoms with Gasteiger partial charge < -0.3 is 15.2 Å². The molecular formula is C18H28IN5O. The molecule has 2 heterocycles. The van der Waals surface area contributed by atoms with Crippen molar-refractivity contribution in [3.8, 4) is 0 Å². The highest BCUT2D eigenvalue weighted by atomic mass is 127. The molecule has 0 fully saturated rings. The van der Waals surface area contributed by atoms with E-state index in [0.29, 0.717) is 6.54 Å². The van der Waals surface area contributed by atoms with E-state index in [-0.39, 0.29) is 29.9 Å². The van der Waals surface area contributed by atoms with Crippen LogP contribution in [0.4, 0.5) is 0 Å². The van der Waals surface area contributed by atoms with Crippen LogP contribution in [0.15, 0.2) is 33.9 Å². The molecule has 2 aromatic heterocycles. The number of hydrogen-bond donors (Lipinski definition) is 2. The van der Waals surface area contributed by atoms with Crippen LogP contribution >= 0.6 is 24.0 Å². The molecule has 1 atom stereocenters. The van der Waals surface area contributed by atoms with E-state index in [1.165, 1.54) is 0 Å². The zero-order chi connectivity index (χ0) is 17.4. The number of nitrogens with zero attached hydrogens (tertiary/aromatic N) is 3. The fourth-order valence-electron chi connectivity index (χ4n) is 2.71. The van der Waals surface area contributed by atoms with Gasteiger partial charge in [-0.25, -0.2) is 0 Å². The maximum absolute atomic E-state index is 5.25. The van der Waals surface area contributed by atoms with Gasteiger partial charge in [-0.15, -0.1) is 24.0 Å². The Kier molecular flexibility index (Phi) is 9.48. The molecule has 1 unspecified atom stereocenters. The molecule has 25 heavy (non-hydrogen) atoms. The second kappa shape index (κ2) is 11.1. The van der Waals surface area contributed by atoms with Crippen molar-refractivity contribution in [1.29, 1.82) is 0 Å². The second-order valence-electron chi connectivity index (χ2n) is 5.86. The lowest BCUT2D eigenvalue weighted by Crippen LogP contribution is -2.38. The summed E-state index contributed by atoms with van der Waals surface area (Å²) in [5.41, 5.74) is 3.18. The normalized spacial score (nSPS) is 12.4. The standard InChI is InChI=1S/C18H27N5O.HI/c1-5-19-18(21-11-9-16-8-6-7-10-20-16)22-12-13(2)17-14(3)23-24-15(17)4;/h6-8,10,13H,5,9,11-12H2,1-4H3,(H2,19,21,22);1H. The first-order chi connectivity index (χ1) is 11.6. The minimum atomic E-state index is 0. The number of guanidine groups is 1. The van der Waals surface area contributed by atoms with Crippen LogP contribution in [0.25, 0.3) is 0 Å². The van der Waals surface area contributed by atoms with E-state index in [9.17, 15) is 0 Å². The van der Waals surface area contributed by atoms with Gasteiger partial charge in [-0.2, -0.15) is 0 Å². The summed E-state index contributed by atoms with van der Waals surface area (Å²) in [6.45, 7) is 10.4. The van der Waals surface area contributed by atoms with E-state index in [1.54, 1.807) is 0 Å². The predicted molar refractivity (Wildman–Crippen MR) is 112 cm³/mol. The number of rotatable bonds is 7. The third-order valence-electron chi connectivity index (χ3n) is 3.85. The van der Waals surface area contributed by atoms with Crippen molar-refractivity contribution in [2.24, 2.45) is 4.99 Å². The van der Waals surface area contributed by atoms with Gasteiger partial charge in [-0.05, 0) is 32.9 Å². The first-order valence-electron chi connectivity index (χ1n) is 8.46. The average molecular weight is 457 g/mol. The summed E-state index contributed by atoms with van der Waals surface area (Å²) in [7, 11) is 0. The highest BCUT2D eigenvalue weighted by Gasteiger charge is 2.16. The van der Waals surface area contributed by atoms with Crippen LogP contribution in [0.3, 0.4) is 0 Å². The maximum Gasteiger partial charge on any atom is 0.191 e. The number of nitrogens with one attached hydrogen (secondary N) is 2. The first-order valence-corrected chi connectivity index (χ1v) is 8.46. The van der Waals surface area contributed by atoms with Crippen LogP contribution in [0.2, 0.25) is 0 Å². The van der Waals surface area contributed by atoms with E-state index in [0.717, 1.165) is 48.2 Å². The van der Waals surface area contributed by atoms with Crippen LogP contribution < -0.4 is 10.6 Å². The molecule has 138 valence electrons. The van der Waals surface area contributed by atoms with Crippen molar-refractivity contribution in [3.63, 3.8) is 0 Å². The fourth-order valence-corrected chi connectivity index (χ4v) is 2.71. The minimum absolute atomic E-state index is 0. The highest BCUT2D eigenvalue weighted by Crippen LogP contribution is 2.23. The summed E-state index contributed by atoms with van der Waals surface area (Å²) in [6, 6.07) is 5.97. The maximum atomic E-state index is 5.25. The number of hydrogen-bond acceptors (Lipinski definition) is 4. The first kappa shape index (κ1) is 21.4. The topological polar surface area (TPSA) is 75.3 Å². The van der Waals surface area contributed by atoms with E-state index in [1.807, 2.05) is 38.2 Å². The number of aryl methyl sites for hydroxylation is 2. The van der Waals surface area contributed by atoms with E-state index in [4.69, 9.17) is 4.52 Å². The molecule has 0 bridgehead atoms. The van der Waals surface area contributed by atoms with Crippen molar-refractivity contribution >= 4 is 29.9 Å². The smallest absolute Gasteiger partial charge is 0.191 e. The lowest BCUT2D eigenvalue weighted by molar-refractivity contribution is 0.391. The molecule has 2 N–H and O–H groups in total. The summed E-state index contributed by atoms with van der Waals surface area (Å²) >= 11 is 0. The SMILES string of the molecule is CCNC(=NCC(C)c1c(C)noc1C)NCCc1ccccn1.I.